The average molecular weight is 450 g/mol. The number of hydrogen-bond acceptors (Lipinski definition) is 5. The summed E-state index contributed by atoms with van der Waals surface area (Å²) in [6.07, 6.45) is 2.84. The maximum absolute atomic E-state index is 13.3. The highest BCUT2D eigenvalue weighted by molar-refractivity contribution is 6.09. The van der Waals surface area contributed by atoms with Gasteiger partial charge in [-0.3, -0.25) is 14.5 Å². The zero-order valence-corrected chi connectivity index (χ0v) is 18.8. The van der Waals surface area contributed by atoms with Gasteiger partial charge in [0.25, 0.3) is 5.91 Å². The van der Waals surface area contributed by atoms with E-state index < -0.39 is 17.5 Å². The molecule has 3 aliphatic rings. The third kappa shape index (κ3) is 3.59. The lowest BCUT2D eigenvalue weighted by molar-refractivity contribution is -0.139. The number of nitrogens with zero attached hydrogens (tertiary/aromatic N) is 2. The van der Waals surface area contributed by atoms with E-state index in [2.05, 4.69) is 17.4 Å². The van der Waals surface area contributed by atoms with Crippen molar-refractivity contribution in [2.24, 2.45) is 0 Å². The van der Waals surface area contributed by atoms with Crippen molar-refractivity contribution in [3.8, 4) is 11.5 Å². The number of carbonyl (C=O) groups is 3. The maximum atomic E-state index is 13.3. The molecule has 8 nitrogen and oxygen atoms in total. The Morgan fingerprint density at radius 2 is 1.91 bits per heavy atom. The summed E-state index contributed by atoms with van der Waals surface area (Å²) in [5.74, 6) is 0.403. The van der Waals surface area contributed by atoms with Crippen LogP contribution in [0.15, 0.2) is 42.5 Å². The third-order valence-electron chi connectivity index (χ3n) is 6.89. The lowest BCUT2D eigenvalue weighted by Gasteiger charge is -2.34. The number of rotatable bonds is 4. The molecule has 2 heterocycles. The Labute approximate surface area is 192 Å². The lowest BCUT2D eigenvalue weighted by Crippen LogP contribution is -2.44. The molecule has 0 radical (unpaired) electrons. The summed E-state index contributed by atoms with van der Waals surface area (Å²) in [6.45, 7) is 2.23. The molecule has 2 aliphatic heterocycles. The minimum Gasteiger partial charge on any atom is -0.486 e. The summed E-state index contributed by atoms with van der Waals surface area (Å²) in [4.78, 5) is 41.9. The predicted molar refractivity (Wildman–Crippen MR) is 120 cm³/mol. The summed E-state index contributed by atoms with van der Waals surface area (Å²) in [7, 11) is 1.74. The number of urea groups is 1. The van der Waals surface area contributed by atoms with Gasteiger partial charge in [0, 0.05) is 7.05 Å². The Kier molecular flexibility index (Phi) is 5.23. The number of carbonyl (C=O) groups excluding carboxylic acids is 3. The van der Waals surface area contributed by atoms with Crippen LogP contribution in [0.25, 0.3) is 0 Å². The van der Waals surface area contributed by atoms with Gasteiger partial charge < -0.3 is 19.7 Å². The second kappa shape index (κ2) is 8.10. The highest BCUT2D eigenvalue weighted by Gasteiger charge is 2.50. The van der Waals surface area contributed by atoms with Crippen LogP contribution in [-0.2, 0) is 21.5 Å². The standard InChI is InChI=1S/C25H27N3O5/c1-25(17-10-11-20-21(14-17)33-13-12-32-20)23(30)28(24(31)26-25)15-22(29)27(2)19-9-5-7-16-6-3-4-8-18(16)19/h3-4,6,8,10-11,14,19H,5,7,9,12-13,15H2,1-2H3,(H,26,31)/t19-,25+/m1/s1. The van der Waals surface area contributed by atoms with Crippen LogP contribution < -0.4 is 14.8 Å². The van der Waals surface area contributed by atoms with Gasteiger partial charge in [-0.25, -0.2) is 4.79 Å². The van der Waals surface area contributed by atoms with Gasteiger partial charge in [0.15, 0.2) is 11.5 Å². The Balaban J connectivity index is 1.34. The van der Waals surface area contributed by atoms with E-state index in [9.17, 15) is 14.4 Å². The fourth-order valence-corrected chi connectivity index (χ4v) is 4.94. The number of fused-ring (bicyclic) bond motifs is 2. The number of benzene rings is 2. The molecule has 8 heteroatoms. The van der Waals surface area contributed by atoms with Gasteiger partial charge in [0.2, 0.25) is 5.91 Å². The SMILES string of the molecule is CN(C(=O)CN1C(=O)N[C@@](C)(c2ccc3c(c2)OCCO3)C1=O)[C@@H]1CCCc2ccccc21. The van der Waals surface area contributed by atoms with E-state index in [0.29, 0.717) is 30.3 Å². The molecule has 2 aromatic carbocycles. The second-order valence-electron chi connectivity index (χ2n) is 8.92. The van der Waals surface area contributed by atoms with E-state index in [-0.39, 0.29) is 18.5 Å². The highest BCUT2D eigenvalue weighted by atomic mass is 16.6. The molecule has 172 valence electrons. The topological polar surface area (TPSA) is 88.2 Å². The van der Waals surface area contributed by atoms with Crippen LogP contribution in [0, 0.1) is 0 Å². The summed E-state index contributed by atoms with van der Waals surface area (Å²) in [6, 6.07) is 12.7. The van der Waals surface area contributed by atoms with Gasteiger partial charge in [-0.05, 0) is 55.0 Å². The van der Waals surface area contributed by atoms with Crippen molar-refractivity contribution in [3.05, 3.63) is 59.2 Å². The van der Waals surface area contributed by atoms with Gasteiger partial charge in [0.1, 0.15) is 25.3 Å². The average Bonchev–Trinajstić information content (AvgIpc) is 3.06. The lowest BCUT2D eigenvalue weighted by atomic mass is 9.87. The minimum absolute atomic E-state index is 0.0626. The van der Waals surface area contributed by atoms with E-state index in [0.717, 1.165) is 29.7 Å². The summed E-state index contributed by atoms with van der Waals surface area (Å²) in [5.41, 5.74) is 1.67. The molecule has 5 rings (SSSR count). The largest absolute Gasteiger partial charge is 0.486 e. The third-order valence-corrected chi connectivity index (χ3v) is 6.89. The van der Waals surface area contributed by atoms with Gasteiger partial charge in [-0.1, -0.05) is 30.3 Å². The molecule has 0 unspecified atom stereocenters. The van der Waals surface area contributed by atoms with Gasteiger partial charge in [-0.15, -0.1) is 0 Å². The fourth-order valence-electron chi connectivity index (χ4n) is 4.94. The van der Waals surface area contributed by atoms with E-state index in [1.54, 1.807) is 37.1 Å². The van der Waals surface area contributed by atoms with Crippen LogP contribution in [-0.4, -0.2) is 54.5 Å². The van der Waals surface area contributed by atoms with Gasteiger partial charge in [0.05, 0.1) is 6.04 Å². The summed E-state index contributed by atoms with van der Waals surface area (Å²) in [5, 5.41) is 2.76. The zero-order valence-electron chi connectivity index (χ0n) is 18.8. The first-order valence-corrected chi connectivity index (χ1v) is 11.3. The van der Waals surface area contributed by atoms with Crippen molar-refractivity contribution in [1.82, 2.24) is 15.1 Å². The Bertz CT molecular complexity index is 1130. The fraction of sp³-hybridized carbons (Fsp3) is 0.400. The molecule has 1 aliphatic carbocycles. The molecule has 1 saturated heterocycles. The van der Waals surface area contributed by atoms with Crippen LogP contribution in [0.4, 0.5) is 4.79 Å². The normalized spacial score (nSPS) is 23.7. The molecule has 33 heavy (non-hydrogen) atoms. The first-order valence-electron chi connectivity index (χ1n) is 11.3. The first-order chi connectivity index (χ1) is 15.9. The predicted octanol–water partition coefficient (Wildman–Crippen LogP) is 2.76. The van der Waals surface area contributed by atoms with Crippen molar-refractivity contribution in [2.75, 3.05) is 26.8 Å². The van der Waals surface area contributed by atoms with Crippen LogP contribution in [0.5, 0.6) is 11.5 Å². The van der Waals surface area contributed by atoms with E-state index in [1.807, 2.05) is 12.1 Å². The first kappa shape index (κ1) is 21.3. The molecule has 0 bridgehead atoms. The van der Waals surface area contributed by atoms with Crippen molar-refractivity contribution in [2.45, 2.75) is 37.8 Å². The monoisotopic (exact) mass is 449 g/mol. The Morgan fingerprint density at radius 3 is 2.73 bits per heavy atom. The van der Waals surface area contributed by atoms with E-state index >= 15 is 0 Å². The van der Waals surface area contributed by atoms with Crippen LogP contribution >= 0.6 is 0 Å². The number of ether oxygens (including phenoxy) is 2. The number of imide groups is 1. The molecule has 1 fully saturated rings. The molecule has 1 N–H and O–H groups in total. The molecule has 0 saturated carbocycles. The molecular formula is C25H27N3O5. The highest BCUT2D eigenvalue weighted by Crippen LogP contribution is 2.37. The minimum atomic E-state index is -1.29. The van der Waals surface area contributed by atoms with Crippen molar-refractivity contribution in [1.29, 1.82) is 0 Å². The smallest absolute Gasteiger partial charge is 0.325 e. The summed E-state index contributed by atoms with van der Waals surface area (Å²) < 4.78 is 11.2. The molecular weight excluding hydrogens is 422 g/mol. The molecule has 0 spiro atoms. The van der Waals surface area contributed by atoms with Crippen LogP contribution in [0.1, 0.15) is 42.5 Å². The molecule has 2 aromatic rings. The molecule has 4 amide bonds. The number of nitrogens with one attached hydrogen (secondary N) is 1. The number of aryl methyl sites for hydroxylation is 1. The number of likely N-dealkylation sites (N-methyl/N-ethyl adjacent to an activating group) is 1. The maximum Gasteiger partial charge on any atom is 0.325 e. The molecule has 0 aromatic heterocycles. The quantitative estimate of drug-likeness (QED) is 0.726. The van der Waals surface area contributed by atoms with Crippen molar-refractivity contribution in [3.63, 3.8) is 0 Å². The van der Waals surface area contributed by atoms with Gasteiger partial charge >= 0.3 is 6.03 Å². The van der Waals surface area contributed by atoms with E-state index in [1.165, 1.54) is 5.56 Å². The number of hydrogen-bond donors (Lipinski definition) is 1. The Morgan fingerprint density at radius 1 is 1.15 bits per heavy atom. The molecule has 2 atom stereocenters. The second-order valence-corrected chi connectivity index (χ2v) is 8.92. The Hall–Kier alpha value is -3.55. The van der Waals surface area contributed by atoms with Crippen molar-refractivity contribution < 1.29 is 23.9 Å². The van der Waals surface area contributed by atoms with Crippen molar-refractivity contribution >= 4 is 17.8 Å². The summed E-state index contributed by atoms with van der Waals surface area (Å²) >= 11 is 0. The number of amides is 4. The zero-order chi connectivity index (χ0) is 23.2. The van der Waals surface area contributed by atoms with Crippen LogP contribution in [0.2, 0.25) is 0 Å². The van der Waals surface area contributed by atoms with Gasteiger partial charge in [-0.2, -0.15) is 0 Å². The van der Waals surface area contributed by atoms with E-state index in [4.69, 9.17) is 9.47 Å². The van der Waals surface area contributed by atoms with Crippen LogP contribution in [0.3, 0.4) is 0 Å².